The molecule has 1 aliphatic heterocycles. The van der Waals surface area contributed by atoms with E-state index in [0.717, 1.165) is 5.56 Å². The Morgan fingerprint density at radius 3 is 2.84 bits per heavy atom. The SMILES string of the molecule is COC(=O)[C@H]1C[C@H](CC=Cc2ccccc2)C(=O)N1. The fourth-order valence-corrected chi connectivity index (χ4v) is 2.17. The number of nitrogens with one attached hydrogen (secondary N) is 1. The second-order valence-corrected chi connectivity index (χ2v) is 4.57. The van der Waals surface area contributed by atoms with Gasteiger partial charge in [-0.05, 0) is 18.4 Å². The Bertz CT molecular complexity index is 481. The number of carbonyl (C=O) groups excluding carboxylic acids is 2. The molecule has 2 rings (SSSR count). The third kappa shape index (κ3) is 3.44. The molecule has 1 aliphatic rings. The average Bonchev–Trinajstić information content (AvgIpc) is 2.81. The molecule has 1 saturated heterocycles. The molecule has 0 aromatic heterocycles. The van der Waals surface area contributed by atoms with Gasteiger partial charge in [0.2, 0.25) is 5.91 Å². The van der Waals surface area contributed by atoms with Crippen molar-refractivity contribution in [3.8, 4) is 0 Å². The molecule has 1 amide bonds. The average molecular weight is 259 g/mol. The molecular weight excluding hydrogens is 242 g/mol. The highest BCUT2D eigenvalue weighted by molar-refractivity contribution is 5.89. The Morgan fingerprint density at radius 2 is 2.16 bits per heavy atom. The zero-order chi connectivity index (χ0) is 13.7. The minimum atomic E-state index is -0.493. The quantitative estimate of drug-likeness (QED) is 0.838. The summed E-state index contributed by atoms with van der Waals surface area (Å²) in [7, 11) is 1.33. The van der Waals surface area contributed by atoms with Crippen molar-refractivity contribution < 1.29 is 14.3 Å². The molecule has 1 heterocycles. The largest absolute Gasteiger partial charge is 0.467 e. The lowest BCUT2D eigenvalue weighted by molar-refractivity contribution is -0.143. The summed E-state index contributed by atoms with van der Waals surface area (Å²) in [5.74, 6) is -0.597. The number of benzene rings is 1. The molecule has 0 unspecified atom stereocenters. The number of methoxy groups -OCH3 is 1. The van der Waals surface area contributed by atoms with Crippen molar-refractivity contribution in [2.75, 3.05) is 7.11 Å². The monoisotopic (exact) mass is 259 g/mol. The molecule has 0 bridgehead atoms. The van der Waals surface area contributed by atoms with Gasteiger partial charge in [-0.15, -0.1) is 0 Å². The number of rotatable bonds is 4. The normalized spacial score (nSPS) is 22.5. The van der Waals surface area contributed by atoms with Gasteiger partial charge in [-0.1, -0.05) is 42.5 Å². The smallest absolute Gasteiger partial charge is 0.328 e. The minimum absolute atomic E-state index is 0.0758. The molecule has 1 aromatic carbocycles. The van der Waals surface area contributed by atoms with Crippen LogP contribution in [0, 0.1) is 5.92 Å². The summed E-state index contributed by atoms with van der Waals surface area (Å²) in [6.07, 6.45) is 5.09. The molecule has 0 spiro atoms. The van der Waals surface area contributed by atoms with Gasteiger partial charge in [0.05, 0.1) is 7.11 Å². The van der Waals surface area contributed by atoms with Crippen molar-refractivity contribution in [2.45, 2.75) is 18.9 Å². The summed E-state index contributed by atoms with van der Waals surface area (Å²) in [5, 5.41) is 2.66. The first-order chi connectivity index (χ1) is 9.20. The molecule has 0 radical (unpaired) electrons. The lowest BCUT2D eigenvalue weighted by atomic mass is 10.0. The van der Waals surface area contributed by atoms with E-state index in [4.69, 9.17) is 0 Å². The number of amides is 1. The molecule has 19 heavy (non-hydrogen) atoms. The van der Waals surface area contributed by atoms with E-state index >= 15 is 0 Å². The third-order valence-electron chi connectivity index (χ3n) is 3.22. The Morgan fingerprint density at radius 1 is 1.42 bits per heavy atom. The highest BCUT2D eigenvalue weighted by Crippen LogP contribution is 2.20. The first kappa shape index (κ1) is 13.3. The molecule has 1 fully saturated rings. The summed E-state index contributed by atoms with van der Waals surface area (Å²) < 4.78 is 4.63. The van der Waals surface area contributed by atoms with Crippen molar-refractivity contribution in [1.82, 2.24) is 5.32 Å². The van der Waals surface area contributed by atoms with E-state index in [-0.39, 0.29) is 17.8 Å². The summed E-state index contributed by atoms with van der Waals surface area (Å²) >= 11 is 0. The summed E-state index contributed by atoms with van der Waals surface area (Å²) in [6, 6.07) is 9.41. The number of hydrogen-bond acceptors (Lipinski definition) is 3. The van der Waals surface area contributed by atoms with Crippen LogP contribution in [0.2, 0.25) is 0 Å². The molecule has 0 saturated carbocycles. The van der Waals surface area contributed by atoms with E-state index < -0.39 is 6.04 Å². The van der Waals surface area contributed by atoms with E-state index in [9.17, 15) is 9.59 Å². The Balaban J connectivity index is 1.89. The standard InChI is InChI=1S/C15H17NO3/c1-19-15(18)13-10-12(14(17)16-13)9-5-8-11-6-3-2-4-7-11/h2-8,12-13H,9-10H2,1H3,(H,16,17)/t12-,13+/m0/s1. The number of carbonyl (C=O) groups is 2. The van der Waals surface area contributed by atoms with Gasteiger partial charge >= 0.3 is 5.97 Å². The predicted molar refractivity (Wildman–Crippen MR) is 72.1 cm³/mol. The topological polar surface area (TPSA) is 55.4 Å². The fourth-order valence-electron chi connectivity index (χ4n) is 2.17. The van der Waals surface area contributed by atoms with E-state index in [0.29, 0.717) is 12.8 Å². The number of hydrogen-bond donors (Lipinski definition) is 1. The van der Waals surface area contributed by atoms with Crippen LogP contribution in [-0.2, 0) is 14.3 Å². The van der Waals surface area contributed by atoms with E-state index in [1.54, 1.807) is 0 Å². The van der Waals surface area contributed by atoms with Gasteiger partial charge in [0.15, 0.2) is 0 Å². The first-order valence-corrected chi connectivity index (χ1v) is 6.30. The van der Waals surface area contributed by atoms with Gasteiger partial charge in [-0.3, -0.25) is 4.79 Å². The molecule has 0 aliphatic carbocycles. The van der Waals surface area contributed by atoms with Crippen molar-refractivity contribution in [3.63, 3.8) is 0 Å². The maximum atomic E-state index is 11.7. The number of esters is 1. The Kier molecular flexibility index (Phi) is 4.34. The highest BCUT2D eigenvalue weighted by atomic mass is 16.5. The third-order valence-corrected chi connectivity index (χ3v) is 3.22. The second kappa shape index (κ2) is 6.18. The fraction of sp³-hybridized carbons (Fsp3) is 0.333. The van der Waals surface area contributed by atoms with Crippen LogP contribution in [-0.4, -0.2) is 25.0 Å². The zero-order valence-electron chi connectivity index (χ0n) is 10.8. The van der Waals surface area contributed by atoms with Crippen LogP contribution >= 0.6 is 0 Å². The molecule has 1 aromatic rings. The highest BCUT2D eigenvalue weighted by Gasteiger charge is 2.35. The maximum absolute atomic E-state index is 11.7. The van der Waals surface area contributed by atoms with Crippen molar-refractivity contribution in [3.05, 3.63) is 42.0 Å². The van der Waals surface area contributed by atoms with Crippen molar-refractivity contribution in [1.29, 1.82) is 0 Å². The van der Waals surface area contributed by atoms with Gasteiger partial charge in [-0.25, -0.2) is 4.79 Å². The maximum Gasteiger partial charge on any atom is 0.328 e. The Labute approximate surface area is 112 Å². The molecule has 2 atom stereocenters. The van der Waals surface area contributed by atoms with Gasteiger partial charge < -0.3 is 10.1 Å². The summed E-state index contributed by atoms with van der Waals surface area (Å²) in [5.41, 5.74) is 1.10. The van der Waals surface area contributed by atoms with Crippen LogP contribution in [0.25, 0.3) is 6.08 Å². The van der Waals surface area contributed by atoms with Crippen LogP contribution in [0.1, 0.15) is 18.4 Å². The van der Waals surface area contributed by atoms with Crippen molar-refractivity contribution in [2.24, 2.45) is 5.92 Å². The number of allylic oxidation sites excluding steroid dienone is 1. The lowest BCUT2D eigenvalue weighted by Crippen LogP contribution is -2.34. The van der Waals surface area contributed by atoms with Crippen LogP contribution in [0.3, 0.4) is 0 Å². The van der Waals surface area contributed by atoms with E-state index in [1.807, 2.05) is 42.5 Å². The van der Waals surface area contributed by atoms with Gasteiger partial charge in [0.25, 0.3) is 0 Å². The molecular formula is C15H17NO3. The van der Waals surface area contributed by atoms with Gasteiger partial charge in [0.1, 0.15) is 6.04 Å². The predicted octanol–water partition coefficient (Wildman–Crippen LogP) is 1.77. The molecule has 100 valence electrons. The van der Waals surface area contributed by atoms with Crippen LogP contribution in [0.4, 0.5) is 0 Å². The minimum Gasteiger partial charge on any atom is -0.467 e. The van der Waals surface area contributed by atoms with Gasteiger partial charge in [-0.2, -0.15) is 0 Å². The van der Waals surface area contributed by atoms with Crippen LogP contribution in [0.5, 0.6) is 0 Å². The molecule has 4 nitrogen and oxygen atoms in total. The zero-order valence-corrected chi connectivity index (χ0v) is 10.8. The Hall–Kier alpha value is -2.10. The summed E-state index contributed by atoms with van der Waals surface area (Å²) in [6.45, 7) is 0. The summed E-state index contributed by atoms with van der Waals surface area (Å²) in [4.78, 5) is 23.0. The van der Waals surface area contributed by atoms with Crippen LogP contribution in [0.15, 0.2) is 36.4 Å². The lowest BCUT2D eigenvalue weighted by Gasteiger charge is -2.05. The van der Waals surface area contributed by atoms with Crippen LogP contribution < -0.4 is 5.32 Å². The molecule has 4 heteroatoms. The second-order valence-electron chi connectivity index (χ2n) is 4.57. The van der Waals surface area contributed by atoms with E-state index in [1.165, 1.54) is 7.11 Å². The number of ether oxygens (including phenoxy) is 1. The molecule has 1 N–H and O–H groups in total. The van der Waals surface area contributed by atoms with E-state index in [2.05, 4.69) is 10.1 Å². The first-order valence-electron chi connectivity index (χ1n) is 6.30. The van der Waals surface area contributed by atoms with Crippen molar-refractivity contribution >= 4 is 18.0 Å². The van der Waals surface area contributed by atoms with Gasteiger partial charge in [0, 0.05) is 5.92 Å².